The van der Waals surface area contributed by atoms with E-state index in [1.807, 2.05) is 31.2 Å². The molecule has 2 amide bonds. The van der Waals surface area contributed by atoms with Gasteiger partial charge >= 0.3 is 6.03 Å². The van der Waals surface area contributed by atoms with Crippen LogP contribution in [0.5, 0.6) is 0 Å². The molecule has 0 bridgehead atoms. The molecule has 5 heteroatoms. The van der Waals surface area contributed by atoms with E-state index in [0.29, 0.717) is 0 Å². The fourth-order valence-electron chi connectivity index (χ4n) is 2.00. The van der Waals surface area contributed by atoms with Gasteiger partial charge in [-0.05, 0) is 44.0 Å². The van der Waals surface area contributed by atoms with Crippen LogP contribution in [0.15, 0.2) is 28.7 Å². The van der Waals surface area contributed by atoms with E-state index in [0.717, 1.165) is 29.6 Å². The van der Waals surface area contributed by atoms with E-state index in [9.17, 15) is 4.79 Å². The van der Waals surface area contributed by atoms with Crippen LogP contribution in [0.2, 0.25) is 0 Å². The zero-order valence-corrected chi connectivity index (χ0v) is 11.9. The van der Waals surface area contributed by atoms with Gasteiger partial charge in [0.1, 0.15) is 0 Å². The van der Waals surface area contributed by atoms with Crippen LogP contribution in [0.1, 0.15) is 19.8 Å². The van der Waals surface area contributed by atoms with Crippen LogP contribution in [-0.2, 0) is 4.74 Å². The summed E-state index contributed by atoms with van der Waals surface area (Å²) in [5.74, 6) is 0. The lowest BCUT2D eigenvalue weighted by Gasteiger charge is -2.20. The minimum Gasteiger partial charge on any atom is -0.376 e. The maximum absolute atomic E-state index is 11.8. The van der Waals surface area contributed by atoms with E-state index in [1.165, 1.54) is 0 Å². The van der Waals surface area contributed by atoms with Crippen LogP contribution in [0.4, 0.5) is 10.5 Å². The lowest BCUT2D eigenvalue weighted by atomic mass is 10.1. The summed E-state index contributed by atoms with van der Waals surface area (Å²) in [5.41, 5.74) is 0.773. The second-order valence-electron chi connectivity index (χ2n) is 4.45. The topological polar surface area (TPSA) is 50.4 Å². The number of amides is 2. The van der Waals surface area contributed by atoms with Gasteiger partial charge in [-0.3, -0.25) is 0 Å². The Morgan fingerprint density at radius 3 is 2.78 bits per heavy atom. The Labute approximate surface area is 115 Å². The molecule has 0 radical (unpaired) electrons. The van der Waals surface area contributed by atoms with E-state index >= 15 is 0 Å². The Balaban J connectivity index is 1.82. The number of anilines is 1. The van der Waals surface area contributed by atoms with Gasteiger partial charge < -0.3 is 15.4 Å². The molecule has 1 saturated heterocycles. The number of carbonyl (C=O) groups excluding carboxylic acids is 1. The minimum absolute atomic E-state index is 0.0305. The van der Waals surface area contributed by atoms with Crippen LogP contribution >= 0.6 is 15.9 Å². The quantitative estimate of drug-likeness (QED) is 0.901. The third kappa shape index (κ3) is 3.71. The summed E-state index contributed by atoms with van der Waals surface area (Å²) in [4.78, 5) is 11.8. The van der Waals surface area contributed by atoms with Gasteiger partial charge in [0.25, 0.3) is 0 Å². The zero-order chi connectivity index (χ0) is 13.0. The van der Waals surface area contributed by atoms with Crippen molar-refractivity contribution in [2.45, 2.75) is 31.9 Å². The Bertz CT molecular complexity index is 402. The smallest absolute Gasteiger partial charge is 0.319 e. The molecule has 1 aromatic rings. The number of hydrogen-bond acceptors (Lipinski definition) is 2. The van der Waals surface area contributed by atoms with Gasteiger partial charge in [-0.2, -0.15) is 0 Å². The van der Waals surface area contributed by atoms with E-state index in [4.69, 9.17) is 4.74 Å². The molecule has 1 aliphatic heterocycles. The van der Waals surface area contributed by atoms with Crippen LogP contribution in [0.25, 0.3) is 0 Å². The Morgan fingerprint density at radius 2 is 2.17 bits per heavy atom. The SMILES string of the molecule is C[C@@H](NC(=O)Nc1ccc(Br)cc1)[C@H]1CCCO1. The first kappa shape index (κ1) is 13.4. The van der Waals surface area contributed by atoms with Crippen molar-refractivity contribution in [3.8, 4) is 0 Å². The number of carbonyl (C=O) groups is 1. The van der Waals surface area contributed by atoms with Gasteiger partial charge in [-0.15, -0.1) is 0 Å². The van der Waals surface area contributed by atoms with Gasteiger partial charge in [0.15, 0.2) is 0 Å². The average Bonchev–Trinajstić information content (AvgIpc) is 2.85. The summed E-state index contributed by atoms with van der Waals surface area (Å²) in [6.45, 7) is 2.77. The monoisotopic (exact) mass is 312 g/mol. The first-order valence-corrected chi connectivity index (χ1v) is 6.89. The molecule has 1 aliphatic rings. The largest absolute Gasteiger partial charge is 0.376 e. The summed E-state index contributed by atoms with van der Waals surface area (Å²) in [6, 6.07) is 7.31. The van der Waals surface area contributed by atoms with Crippen molar-refractivity contribution < 1.29 is 9.53 Å². The van der Waals surface area contributed by atoms with Crippen molar-refractivity contribution in [1.29, 1.82) is 0 Å². The molecule has 18 heavy (non-hydrogen) atoms. The van der Waals surface area contributed by atoms with Crippen molar-refractivity contribution in [2.75, 3.05) is 11.9 Å². The summed E-state index contributed by atoms with van der Waals surface area (Å²) in [6.07, 6.45) is 2.23. The molecule has 0 saturated carbocycles. The van der Waals surface area contributed by atoms with E-state index in [-0.39, 0.29) is 18.2 Å². The average molecular weight is 313 g/mol. The minimum atomic E-state index is -0.194. The second kappa shape index (κ2) is 6.20. The molecule has 1 aromatic carbocycles. The predicted molar refractivity (Wildman–Crippen MR) is 74.7 cm³/mol. The van der Waals surface area contributed by atoms with Gasteiger partial charge in [0, 0.05) is 16.8 Å². The first-order valence-electron chi connectivity index (χ1n) is 6.10. The van der Waals surface area contributed by atoms with Gasteiger partial charge in [0.05, 0.1) is 12.1 Å². The Morgan fingerprint density at radius 1 is 1.44 bits per heavy atom. The van der Waals surface area contributed by atoms with Crippen molar-refractivity contribution in [3.05, 3.63) is 28.7 Å². The first-order chi connectivity index (χ1) is 8.65. The second-order valence-corrected chi connectivity index (χ2v) is 5.36. The molecule has 0 spiro atoms. The molecular formula is C13H17BrN2O2. The molecule has 0 aliphatic carbocycles. The Kier molecular flexibility index (Phi) is 4.60. The van der Waals surface area contributed by atoms with Crippen LogP contribution < -0.4 is 10.6 Å². The number of hydrogen-bond donors (Lipinski definition) is 2. The third-order valence-corrected chi connectivity index (χ3v) is 3.51. The fourth-order valence-corrected chi connectivity index (χ4v) is 2.26. The van der Waals surface area contributed by atoms with E-state index < -0.39 is 0 Å². The molecule has 2 atom stereocenters. The van der Waals surface area contributed by atoms with Crippen molar-refractivity contribution in [3.63, 3.8) is 0 Å². The lowest BCUT2D eigenvalue weighted by molar-refractivity contribution is 0.0868. The highest BCUT2D eigenvalue weighted by molar-refractivity contribution is 9.10. The van der Waals surface area contributed by atoms with Gasteiger partial charge in [0.2, 0.25) is 0 Å². The molecule has 4 nitrogen and oxygen atoms in total. The molecule has 0 aromatic heterocycles. The molecule has 0 unspecified atom stereocenters. The normalized spacial score (nSPS) is 20.4. The molecule has 1 heterocycles. The Hall–Kier alpha value is -1.07. The zero-order valence-electron chi connectivity index (χ0n) is 10.3. The van der Waals surface area contributed by atoms with Crippen LogP contribution in [-0.4, -0.2) is 24.8 Å². The van der Waals surface area contributed by atoms with E-state index in [2.05, 4.69) is 26.6 Å². The predicted octanol–water partition coefficient (Wildman–Crippen LogP) is 3.14. The number of urea groups is 1. The van der Waals surface area contributed by atoms with Crippen LogP contribution in [0.3, 0.4) is 0 Å². The summed E-state index contributed by atoms with van der Waals surface area (Å²) < 4.78 is 6.52. The van der Waals surface area contributed by atoms with Gasteiger partial charge in [-0.1, -0.05) is 15.9 Å². The molecule has 98 valence electrons. The maximum Gasteiger partial charge on any atom is 0.319 e. The third-order valence-electron chi connectivity index (χ3n) is 2.98. The number of halogens is 1. The molecule has 1 fully saturated rings. The fraction of sp³-hybridized carbons (Fsp3) is 0.462. The summed E-state index contributed by atoms with van der Waals surface area (Å²) in [5, 5.41) is 5.70. The summed E-state index contributed by atoms with van der Waals surface area (Å²) >= 11 is 3.35. The number of nitrogens with one attached hydrogen (secondary N) is 2. The molecular weight excluding hydrogens is 296 g/mol. The lowest BCUT2D eigenvalue weighted by Crippen LogP contribution is -2.42. The van der Waals surface area contributed by atoms with E-state index in [1.54, 1.807) is 0 Å². The maximum atomic E-state index is 11.8. The summed E-state index contributed by atoms with van der Waals surface area (Å²) in [7, 11) is 0. The standard InChI is InChI=1S/C13H17BrN2O2/c1-9(12-3-2-8-18-12)15-13(17)16-11-6-4-10(14)5-7-11/h4-7,9,12H,2-3,8H2,1H3,(H2,15,16,17)/t9-,12-/m1/s1. The molecule has 2 rings (SSSR count). The highest BCUT2D eigenvalue weighted by atomic mass is 79.9. The van der Waals surface area contributed by atoms with Crippen molar-refractivity contribution >= 4 is 27.6 Å². The van der Waals surface area contributed by atoms with Crippen molar-refractivity contribution in [1.82, 2.24) is 5.32 Å². The number of rotatable bonds is 3. The number of ether oxygens (including phenoxy) is 1. The number of benzene rings is 1. The van der Waals surface area contributed by atoms with Gasteiger partial charge in [-0.25, -0.2) is 4.79 Å². The highest BCUT2D eigenvalue weighted by Crippen LogP contribution is 2.16. The van der Waals surface area contributed by atoms with Crippen LogP contribution in [0, 0.1) is 0 Å². The highest BCUT2D eigenvalue weighted by Gasteiger charge is 2.23. The van der Waals surface area contributed by atoms with Crippen molar-refractivity contribution in [2.24, 2.45) is 0 Å². The molecule has 2 N–H and O–H groups in total.